The van der Waals surface area contributed by atoms with Crippen molar-refractivity contribution in [1.82, 2.24) is 25.5 Å². The molecule has 1 aromatic carbocycles. The molecule has 34 heavy (non-hydrogen) atoms. The van der Waals surface area contributed by atoms with Crippen molar-refractivity contribution in [2.45, 2.75) is 55.7 Å². The molecule has 184 valence electrons. The van der Waals surface area contributed by atoms with Crippen molar-refractivity contribution < 1.29 is 29.0 Å². The molecule has 15 heteroatoms. The van der Waals surface area contributed by atoms with Gasteiger partial charge in [-0.3, -0.25) is 14.4 Å². The number of carbonyl (C=O) groups excluding carboxylic acids is 3. The topological polar surface area (TPSA) is 165 Å². The van der Waals surface area contributed by atoms with E-state index in [2.05, 4.69) is 26.2 Å². The van der Waals surface area contributed by atoms with Crippen LogP contribution in [-0.4, -0.2) is 61.7 Å². The number of ketones is 1. The highest BCUT2D eigenvalue weighted by Gasteiger charge is 2.26. The molecule has 1 unspecified atom stereocenters. The molecule has 0 spiro atoms. The second-order valence-corrected chi connectivity index (χ2v) is 8.71. The molecule has 12 nitrogen and oxygen atoms in total. The molecule has 0 radical (unpaired) electrons. The van der Waals surface area contributed by atoms with E-state index in [9.17, 15) is 19.2 Å². The molecule has 2 amide bonds. The lowest BCUT2D eigenvalue weighted by Crippen LogP contribution is -2.44. The van der Waals surface area contributed by atoms with E-state index in [-0.39, 0.29) is 27.7 Å². The first-order valence-electron chi connectivity index (χ1n) is 9.99. The predicted molar refractivity (Wildman–Crippen MR) is 123 cm³/mol. The molecule has 2 aromatic rings. The summed E-state index contributed by atoms with van der Waals surface area (Å²) in [4.78, 5) is 47.5. The number of halogens is 2. The number of nitrogens with zero attached hydrogens (tertiary/aromatic N) is 4. The number of unbranched alkanes of at least 4 members (excludes halogenated alkanes) is 1. The molecular formula is C19H22Cl2N6O6S. The Balaban J connectivity index is 2.14. The van der Waals surface area contributed by atoms with Crippen LogP contribution in [0, 0.1) is 0 Å². The van der Waals surface area contributed by atoms with E-state index in [0.717, 1.165) is 22.9 Å². The summed E-state index contributed by atoms with van der Waals surface area (Å²) in [6.45, 7) is 2.97. The van der Waals surface area contributed by atoms with Crippen molar-refractivity contribution in [2.24, 2.45) is 0 Å². The molecule has 0 saturated carbocycles. The van der Waals surface area contributed by atoms with Gasteiger partial charge in [0.2, 0.25) is 11.1 Å². The first kappa shape index (κ1) is 27.3. The number of carboxylic acids is 1. The van der Waals surface area contributed by atoms with Crippen LogP contribution in [-0.2, 0) is 25.7 Å². The summed E-state index contributed by atoms with van der Waals surface area (Å²) in [6.07, 6.45) is -0.104. The van der Waals surface area contributed by atoms with Crippen LogP contribution in [0.5, 0.6) is 0 Å². The standard InChI is InChI=1S/C19H22Cl2N6O6S/c1-3-4-5-33-19(32)23-14(8-16(30)31)15(29)9-27-18(24-25-26-27)34-17-12(20)6-11(7-13(17)21)22-10(2)28/h6-7,14H,3-5,8-9H2,1-2H3,(H,22,28)(H,23,32)(H,30,31). The van der Waals surface area contributed by atoms with Gasteiger partial charge in [-0.2, -0.15) is 0 Å². The molecule has 1 heterocycles. The number of hydrogen-bond acceptors (Lipinski definition) is 9. The number of hydrogen-bond donors (Lipinski definition) is 3. The monoisotopic (exact) mass is 532 g/mol. The Labute approximate surface area is 208 Å². The number of aromatic nitrogens is 4. The Morgan fingerprint density at radius 2 is 1.91 bits per heavy atom. The number of alkyl carbamates (subject to hydrolysis) is 1. The maximum absolute atomic E-state index is 12.7. The van der Waals surface area contributed by atoms with Gasteiger partial charge in [-0.1, -0.05) is 36.5 Å². The first-order valence-corrected chi connectivity index (χ1v) is 11.6. The number of Topliss-reactive ketones (excluding diaryl/α,β-unsaturated/α-hetero) is 1. The summed E-state index contributed by atoms with van der Waals surface area (Å²) in [5.41, 5.74) is 0.398. The van der Waals surface area contributed by atoms with Gasteiger partial charge in [-0.25, -0.2) is 9.48 Å². The maximum atomic E-state index is 12.7. The minimum Gasteiger partial charge on any atom is -0.481 e. The summed E-state index contributed by atoms with van der Waals surface area (Å²) < 4.78 is 6.07. The van der Waals surface area contributed by atoms with Gasteiger partial charge in [-0.15, -0.1) is 5.10 Å². The van der Waals surface area contributed by atoms with Crippen molar-refractivity contribution in [3.63, 3.8) is 0 Å². The summed E-state index contributed by atoms with van der Waals surface area (Å²) in [6, 6.07) is 1.64. The Morgan fingerprint density at radius 1 is 1.24 bits per heavy atom. The van der Waals surface area contributed by atoms with E-state index < -0.39 is 36.9 Å². The fraction of sp³-hybridized carbons (Fsp3) is 0.421. The van der Waals surface area contributed by atoms with Crippen LogP contribution in [0.25, 0.3) is 0 Å². The molecule has 0 aliphatic rings. The lowest BCUT2D eigenvalue weighted by Gasteiger charge is -2.16. The van der Waals surface area contributed by atoms with Crippen LogP contribution < -0.4 is 10.6 Å². The molecule has 1 aromatic heterocycles. The van der Waals surface area contributed by atoms with Gasteiger partial charge < -0.3 is 20.5 Å². The molecular weight excluding hydrogens is 511 g/mol. The summed E-state index contributed by atoms with van der Waals surface area (Å²) in [7, 11) is 0. The maximum Gasteiger partial charge on any atom is 0.407 e. The van der Waals surface area contributed by atoms with Crippen molar-refractivity contribution in [2.75, 3.05) is 11.9 Å². The number of nitrogens with one attached hydrogen (secondary N) is 2. The van der Waals surface area contributed by atoms with E-state index in [1.54, 1.807) is 0 Å². The fourth-order valence-electron chi connectivity index (χ4n) is 2.56. The van der Waals surface area contributed by atoms with Crippen molar-refractivity contribution in [3.8, 4) is 0 Å². The summed E-state index contributed by atoms with van der Waals surface area (Å²) in [5.74, 6) is -2.23. The second-order valence-electron chi connectivity index (χ2n) is 6.92. The zero-order valence-corrected chi connectivity index (χ0v) is 20.5. The molecule has 3 N–H and O–H groups in total. The number of carbonyl (C=O) groups is 4. The van der Waals surface area contributed by atoms with Gasteiger partial charge in [0, 0.05) is 12.6 Å². The van der Waals surface area contributed by atoms with Gasteiger partial charge in [0.1, 0.15) is 12.6 Å². The molecule has 0 aliphatic carbocycles. The number of aliphatic carboxylic acids is 1. The average molecular weight is 533 g/mol. The van der Waals surface area contributed by atoms with Gasteiger partial charge in [0.05, 0.1) is 28.0 Å². The lowest BCUT2D eigenvalue weighted by molar-refractivity contribution is -0.139. The number of rotatable bonds is 12. The van der Waals surface area contributed by atoms with E-state index in [1.807, 2.05) is 6.92 Å². The van der Waals surface area contributed by atoms with Crippen LogP contribution in [0.3, 0.4) is 0 Å². The summed E-state index contributed by atoms with van der Waals surface area (Å²) >= 11 is 13.5. The number of tetrazole rings is 1. The van der Waals surface area contributed by atoms with Crippen LogP contribution in [0.15, 0.2) is 22.2 Å². The quantitative estimate of drug-likeness (QED) is 0.345. The number of carboxylic acid groups (broad SMARTS) is 1. The van der Waals surface area contributed by atoms with Crippen molar-refractivity contribution >= 4 is 64.4 Å². The number of amides is 2. The minimum absolute atomic E-state index is 0.143. The first-order chi connectivity index (χ1) is 16.1. The van der Waals surface area contributed by atoms with Gasteiger partial charge in [0.15, 0.2) is 5.78 Å². The molecule has 0 bridgehead atoms. The minimum atomic E-state index is -1.35. The van der Waals surface area contributed by atoms with E-state index in [1.165, 1.54) is 19.1 Å². The van der Waals surface area contributed by atoms with E-state index in [4.69, 9.17) is 33.0 Å². The third-order valence-electron chi connectivity index (χ3n) is 4.11. The van der Waals surface area contributed by atoms with Crippen LogP contribution in [0.1, 0.15) is 33.1 Å². The van der Waals surface area contributed by atoms with Gasteiger partial charge >= 0.3 is 12.1 Å². The Kier molecular flexibility index (Phi) is 10.5. The largest absolute Gasteiger partial charge is 0.481 e. The molecule has 2 rings (SSSR count). The third-order valence-corrected chi connectivity index (χ3v) is 6.05. The summed E-state index contributed by atoms with van der Waals surface area (Å²) in [5, 5.41) is 25.7. The zero-order valence-electron chi connectivity index (χ0n) is 18.2. The fourth-order valence-corrected chi connectivity index (χ4v) is 4.06. The van der Waals surface area contributed by atoms with Crippen LogP contribution in [0.4, 0.5) is 10.5 Å². The number of ether oxygens (including phenoxy) is 1. The Bertz CT molecular complexity index is 1040. The van der Waals surface area contributed by atoms with Crippen LogP contribution in [0.2, 0.25) is 10.0 Å². The predicted octanol–water partition coefficient (Wildman–Crippen LogP) is 3.03. The normalized spacial score (nSPS) is 11.5. The van der Waals surface area contributed by atoms with E-state index in [0.29, 0.717) is 17.0 Å². The van der Waals surface area contributed by atoms with Crippen LogP contribution >= 0.6 is 35.0 Å². The van der Waals surface area contributed by atoms with E-state index >= 15 is 0 Å². The highest BCUT2D eigenvalue weighted by Crippen LogP contribution is 2.39. The third kappa shape index (κ3) is 8.47. The van der Waals surface area contributed by atoms with Gasteiger partial charge in [0.25, 0.3) is 0 Å². The molecule has 0 fully saturated rings. The molecule has 0 aliphatic heterocycles. The number of benzene rings is 1. The average Bonchev–Trinajstić information content (AvgIpc) is 3.16. The lowest BCUT2D eigenvalue weighted by atomic mass is 10.1. The highest BCUT2D eigenvalue weighted by molar-refractivity contribution is 7.99. The second kappa shape index (κ2) is 13.1. The van der Waals surface area contributed by atoms with Crippen molar-refractivity contribution in [3.05, 3.63) is 22.2 Å². The smallest absolute Gasteiger partial charge is 0.407 e. The molecule has 0 saturated heterocycles. The highest BCUT2D eigenvalue weighted by atomic mass is 35.5. The number of anilines is 1. The zero-order chi connectivity index (χ0) is 25.3. The Morgan fingerprint density at radius 3 is 2.50 bits per heavy atom. The molecule has 1 atom stereocenters. The SMILES string of the molecule is CCCCOC(=O)NC(CC(=O)O)C(=O)Cn1nnnc1Sc1c(Cl)cc(NC(C)=O)cc1Cl. The van der Waals surface area contributed by atoms with Gasteiger partial charge in [-0.05, 0) is 40.7 Å². The van der Waals surface area contributed by atoms with Crippen molar-refractivity contribution in [1.29, 1.82) is 0 Å². The Hall–Kier alpha value is -2.90.